The summed E-state index contributed by atoms with van der Waals surface area (Å²) in [5.41, 5.74) is 1.45. The highest BCUT2D eigenvalue weighted by Crippen LogP contribution is 2.41. The van der Waals surface area contributed by atoms with Crippen LogP contribution in [0.25, 0.3) is 10.2 Å². The number of fused-ring (bicyclic) bond motifs is 3. The summed E-state index contributed by atoms with van der Waals surface area (Å²) in [5, 5.41) is 1.59. The van der Waals surface area contributed by atoms with E-state index in [1.54, 1.807) is 11.3 Å². The topological polar surface area (TPSA) is 38.2 Å². The normalized spacial score (nSPS) is 25.6. The van der Waals surface area contributed by atoms with Crippen LogP contribution >= 0.6 is 22.9 Å². The molecule has 0 saturated carbocycles. The molecule has 1 fully saturated rings. The number of aryl methyl sites for hydroxylation is 2. The molecule has 2 aromatic heterocycles. The summed E-state index contributed by atoms with van der Waals surface area (Å²) >= 11 is 7.95. The Hall–Kier alpha value is -0.910. The Morgan fingerprint density at radius 3 is 2.71 bits per heavy atom. The number of hydrogen-bond acceptors (Lipinski definition) is 5. The van der Waals surface area contributed by atoms with Crippen LogP contribution in [-0.2, 0) is 17.6 Å². The molecule has 3 heterocycles. The third-order valence-corrected chi connectivity index (χ3v) is 5.59. The first-order chi connectivity index (χ1) is 10.1. The van der Waals surface area contributed by atoms with Gasteiger partial charge in [-0.25, -0.2) is 4.98 Å². The van der Waals surface area contributed by atoms with Crippen molar-refractivity contribution in [2.75, 3.05) is 18.0 Å². The summed E-state index contributed by atoms with van der Waals surface area (Å²) in [6.07, 6.45) is 3.98. The van der Waals surface area contributed by atoms with Crippen molar-refractivity contribution in [3.63, 3.8) is 0 Å². The fourth-order valence-electron chi connectivity index (χ4n) is 3.53. The molecule has 4 nitrogen and oxygen atoms in total. The Bertz CT molecular complexity index is 692. The van der Waals surface area contributed by atoms with Gasteiger partial charge in [-0.1, -0.05) is 0 Å². The van der Waals surface area contributed by atoms with Crippen molar-refractivity contribution < 1.29 is 4.74 Å². The van der Waals surface area contributed by atoms with E-state index in [0.29, 0.717) is 5.28 Å². The Morgan fingerprint density at radius 1 is 1.19 bits per heavy atom. The maximum Gasteiger partial charge on any atom is 0.225 e. The maximum atomic E-state index is 6.17. The molecular formula is C15H18ClN3OS. The molecule has 0 radical (unpaired) electrons. The minimum atomic E-state index is 0.212. The monoisotopic (exact) mass is 323 g/mol. The lowest BCUT2D eigenvalue weighted by molar-refractivity contribution is -0.00537. The highest BCUT2D eigenvalue weighted by Gasteiger charge is 2.28. The lowest BCUT2D eigenvalue weighted by Crippen LogP contribution is -2.46. The Morgan fingerprint density at radius 2 is 1.95 bits per heavy atom. The number of thiophene rings is 1. The predicted octanol–water partition coefficient (Wildman–Crippen LogP) is 3.45. The third kappa shape index (κ3) is 2.31. The molecule has 0 amide bonds. The van der Waals surface area contributed by atoms with Gasteiger partial charge in [-0.2, -0.15) is 4.98 Å². The zero-order valence-corrected chi connectivity index (χ0v) is 13.8. The molecule has 2 unspecified atom stereocenters. The average molecular weight is 324 g/mol. The summed E-state index contributed by atoms with van der Waals surface area (Å²) in [6.45, 7) is 5.94. The van der Waals surface area contributed by atoms with Crippen molar-refractivity contribution in [3.8, 4) is 0 Å². The summed E-state index contributed by atoms with van der Waals surface area (Å²) in [5.74, 6) is 1.01. The maximum absolute atomic E-state index is 6.17. The van der Waals surface area contributed by atoms with Crippen molar-refractivity contribution in [1.29, 1.82) is 0 Å². The van der Waals surface area contributed by atoms with E-state index in [0.717, 1.165) is 30.2 Å². The molecule has 2 atom stereocenters. The van der Waals surface area contributed by atoms with Crippen LogP contribution in [0.15, 0.2) is 0 Å². The molecule has 1 saturated heterocycles. The summed E-state index contributed by atoms with van der Waals surface area (Å²) in [6, 6.07) is 0. The van der Waals surface area contributed by atoms with Gasteiger partial charge in [0.1, 0.15) is 10.6 Å². The quantitative estimate of drug-likeness (QED) is 0.753. The molecular weight excluding hydrogens is 306 g/mol. The van der Waals surface area contributed by atoms with Crippen LogP contribution in [0.4, 0.5) is 5.82 Å². The zero-order chi connectivity index (χ0) is 14.6. The van der Waals surface area contributed by atoms with Gasteiger partial charge in [0.05, 0.1) is 17.6 Å². The lowest BCUT2D eigenvalue weighted by Gasteiger charge is -2.36. The molecule has 0 spiro atoms. The van der Waals surface area contributed by atoms with Crippen LogP contribution in [-0.4, -0.2) is 35.3 Å². The number of halogens is 1. The van der Waals surface area contributed by atoms with E-state index in [1.165, 1.54) is 28.7 Å². The molecule has 2 aromatic rings. The van der Waals surface area contributed by atoms with Gasteiger partial charge in [0, 0.05) is 18.0 Å². The molecule has 112 valence electrons. The van der Waals surface area contributed by atoms with Crippen molar-refractivity contribution in [3.05, 3.63) is 15.7 Å². The fourth-order valence-corrected chi connectivity index (χ4v) is 5.00. The van der Waals surface area contributed by atoms with Crippen LogP contribution in [0.2, 0.25) is 5.28 Å². The summed E-state index contributed by atoms with van der Waals surface area (Å²) in [4.78, 5) is 13.9. The van der Waals surface area contributed by atoms with Gasteiger partial charge in [0.25, 0.3) is 0 Å². The van der Waals surface area contributed by atoms with E-state index in [2.05, 4.69) is 28.7 Å². The Kier molecular flexibility index (Phi) is 3.32. The van der Waals surface area contributed by atoms with Crippen molar-refractivity contribution in [1.82, 2.24) is 9.97 Å². The molecule has 0 bridgehead atoms. The molecule has 21 heavy (non-hydrogen) atoms. The minimum absolute atomic E-state index is 0.212. The van der Waals surface area contributed by atoms with Crippen molar-refractivity contribution in [2.45, 2.75) is 45.3 Å². The number of aromatic nitrogens is 2. The standard InChI is InChI=1S/C15H18ClN3OS/c1-8-6-19(7-9(2)20-8)13-12-10-4-3-5-11(10)21-14(12)18-15(16)17-13/h8-9H,3-7H2,1-2H3. The molecule has 1 aliphatic heterocycles. The number of morpholine rings is 1. The first-order valence-corrected chi connectivity index (χ1v) is 8.69. The molecule has 4 rings (SSSR count). The Labute approximate surface area is 133 Å². The van der Waals surface area contributed by atoms with E-state index in [1.807, 2.05) is 0 Å². The Balaban J connectivity index is 1.87. The van der Waals surface area contributed by atoms with Crippen LogP contribution in [0.5, 0.6) is 0 Å². The van der Waals surface area contributed by atoms with Gasteiger partial charge >= 0.3 is 0 Å². The van der Waals surface area contributed by atoms with E-state index in [4.69, 9.17) is 16.3 Å². The van der Waals surface area contributed by atoms with Gasteiger partial charge in [0.2, 0.25) is 5.28 Å². The van der Waals surface area contributed by atoms with E-state index >= 15 is 0 Å². The van der Waals surface area contributed by atoms with Gasteiger partial charge in [0.15, 0.2) is 0 Å². The summed E-state index contributed by atoms with van der Waals surface area (Å²) < 4.78 is 5.84. The molecule has 1 aliphatic carbocycles. The van der Waals surface area contributed by atoms with E-state index in [9.17, 15) is 0 Å². The predicted molar refractivity (Wildman–Crippen MR) is 86.7 cm³/mol. The first-order valence-electron chi connectivity index (χ1n) is 7.50. The zero-order valence-electron chi connectivity index (χ0n) is 12.2. The van der Waals surface area contributed by atoms with E-state index < -0.39 is 0 Å². The number of rotatable bonds is 1. The smallest absolute Gasteiger partial charge is 0.225 e. The van der Waals surface area contributed by atoms with Gasteiger partial charge in [-0.05, 0) is 50.3 Å². The second kappa shape index (κ2) is 5.07. The SMILES string of the molecule is CC1CN(c2nc(Cl)nc3sc4c(c23)CCC4)CC(C)O1. The molecule has 6 heteroatoms. The van der Waals surface area contributed by atoms with Crippen molar-refractivity contribution >= 4 is 39.0 Å². The molecule has 0 N–H and O–H groups in total. The van der Waals surface area contributed by atoms with Crippen molar-refractivity contribution in [2.24, 2.45) is 0 Å². The number of hydrogen-bond donors (Lipinski definition) is 0. The number of anilines is 1. The highest BCUT2D eigenvalue weighted by atomic mass is 35.5. The van der Waals surface area contributed by atoms with Crippen LogP contribution in [0.3, 0.4) is 0 Å². The second-order valence-corrected chi connectivity index (χ2v) is 7.44. The van der Waals surface area contributed by atoms with Gasteiger partial charge < -0.3 is 9.64 Å². The van der Waals surface area contributed by atoms with Crippen LogP contribution in [0.1, 0.15) is 30.7 Å². The molecule has 2 aliphatic rings. The minimum Gasteiger partial charge on any atom is -0.372 e. The molecule has 0 aromatic carbocycles. The second-order valence-electron chi connectivity index (χ2n) is 6.02. The number of nitrogens with zero attached hydrogens (tertiary/aromatic N) is 3. The average Bonchev–Trinajstić information content (AvgIpc) is 2.96. The summed E-state index contributed by atoms with van der Waals surface area (Å²) in [7, 11) is 0. The van der Waals surface area contributed by atoms with Crippen LogP contribution in [0, 0.1) is 0 Å². The highest BCUT2D eigenvalue weighted by molar-refractivity contribution is 7.19. The van der Waals surface area contributed by atoms with E-state index in [-0.39, 0.29) is 12.2 Å². The van der Waals surface area contributed by atoms with Gasteiger partial charge in [-0.15, -0.1) is 11.3 Å². The third-order valence-electron chi connectivity index (χ3n) is 4.24. The lowest BCUT2D eigenvalue weighted by atomic mass is 10.1. The number of ether oxygens (including phenoxy) is 1. The largest absolute Gasteiger partial charge is 0.372 e. The van der Waals surface area contributed by atoms with Crippen LogP contribution < -0.4 is 4.90 Å². The van der Waals surface area contributed by atoms with Gasteiger partial charge in [-0.3, -0.25) is 0 Å². The first kappa shape index (κ1) is 13.7. The fraction of sp³-hybridized carbons (Fsp3) is 0.600.